The number of nitrogens with one attached hydrogen (secondary N) is 2. The van der Waals surface area contributed by atoms with Crippen LogP contribution in [-0.4, -0.2) is 91.5 Å². The standard InChI is InChI=1S/C32H43BrN4O7/c1-31(2,3)44-27(39)13-14-32(30(40)36-34-15-16-37-17-21-41-22-18-37)28(23-5-9-25(33)10-6-23)43-29(35-32)24-7-11-26(12-8-24)42-20-4-19-38/h5-12,28,34,38H,4,13-22H2,1-3H3,(H,36,40)/t28-,32-/m0/s1. The van der Waals surface area contributed by atoms with Crippen molar-refractivity contribution in [3.63, 3.8) is 0 Å². The number of benzene rings is 2. The van der Waals surface area contributed by atoms with Gasteiger partial charge in [0, 0.05) is 55.7 Å². The summed E-state index contributed by atoms with van der Waals surface area (Å²) in [6.45, 7) is 10.2. The van der Waals surface area contributed by atoms with Gasteiger partial charge in [-0.2, -0.15) is 0 Å². The summed E-state index contributed by atoms with van der Waals surface area (Å²) in [5, 5.41) is 9.03. The average Bonchev–Trinajstić information content (AvgIpc) is 3.40. The maximum absolute atomic E-state index is 14.1. The highest BCUT2D eigenvalue weighted by Gasteiger charge is 2.53. The molecule has 0 radical (unpaired) electrons. The second-order valence-electron chi connectivity index (χ2n) is 11.8. The van der Waals surface area contributed by atoms with Crippen molar-refractivity contribution in [1.82, 2.24) is 15.8 Å². The largest absolute Gasteiger partial charge is 0.494 e. The van der Waals surface area contributed by atoms with Gasteiger partial charge in [0.25, 0.3) is 5.91 Å². The maximum atomic E-state index is 14.1. The molecule has 240 valence electrons. The molecule has 1 saturated heterocycles. The monoisotopic (exact) mass is 674 g/mol. The van der Waals surface area contributed by atoms with Crippen molar-refractivity contribution < 1.29 is 33.6 Å². The smallest absolute Gasteiger partial charge is 0.306 e. The van der Waals surface area contributed by atoms with E-state index in [1.807, 2.05) is 57.2 Å². The molecule has 0 aliphatic carbocycles. The molecule has 2 aliphatic rings. The minimum absolute atomic E-state index is 0.0384. The van der Waals surface area contributed by atoms with E-state index in [0.717, 1.165) is 29.7 Å². The minimum atomic E-state index is -1.47. The molecular formula is C32H43BrN4O7. The fraction of sp³-hybridized carbons (Fsp3) is 0.531. The van der Waals surface area contributed by atoms with E-state index in [2.05, 4.69) is 31.7 Å². The van der Waals surface area contributed by atoms with E-state index < -0.39 is 29.1 Å². The van der Waals surface area contributed by atoms with Crippen LogP contribution in [0.1, 0.15) is 57.3 Å². The Kier molecular flexibility index (Phi) is 12.2. The van der Waals surface area contributed by atoms with Gasteiger partial charge in [-0.05, 0) is 69.2 Å². The predicted octanol–water partition coefficient (Wildman–Crippen LogP) is 3.54. The molecule has 0 spiro atoms. The molecule has 2 heterocycles. The van der Waals surface area contributed by atoms with Crippen LogP contribution >= 0.6 is 15.9 Å². The number of rotatable bonds is 14. The van der Waals surface area contributed by atoms with E-state index in [1.165, 1.54) is 0 Å². The van der Waals surface area contributed by atoms with Gasteiger partial charge in [-0.1, -0.05) is 28.1 Å². The molecule has 1 amide bonds. The number of aliphatic hydroxyl groups excluding tert-OH is 1. The fourth-order valence-corrected chi connectivity index (χ4v) is 5.25. The second kappa shape index (κ2) is 15.8. The normalized spacial score (nSPS) is 20.5. The van der Waals surface area contributed by atoms with E-state index in [-0.39, 0.29) is 25.3 Å². The van der Waals surface area contributed by atoms with Gasteiger partial charge in [-0.3, -0.25) is 19.9 Å². The van der Waals surface area contributed by atoms with E-state index in [1.54, 1.807) is 12.1 Å². The zero-order chi connectivity index (χ0) is 31.6. The summed E-state index contributed by atoms with van der Waals surface area (Å²) in [6, 6.07) is 14.7. The molecule has 2 aromatic rings. The summed E-state index contributed by atoms with van der Waals surface area (Å²) in [6.07, 6.45) is -0.258. The molecule has 0 bridgehead atoms. The van der Waals surface area contributed by atoms with Gasteiger partial charge in [0.1, 0.15) is 11.4 Å². The fourth-order valence-electron chi connectivity index (χ4n) is 4.98. The molecule has 2 atom stereocenters. The number of morpholine rings is 1. The summed E-state index contributed by atoms with van der Waals surface area (Å²) in [7, 11) is 0. The molecule has 2 aromatic carbocycles. The van der Waals surface area contributed by atoms with Crippen LogP contribution in [-0.2, 0) is 23.8 Å². The Morgan fingerprint density at radius 3 is 2.48 bits per heavy atom. The molecule has 4 rings (SSSR count). The van der Waals surface area contributed by atoms with Crippen LogP contribution < -0.4 is 15.6 Å². The lowest BCUT2D eigenvalue weighted by Crippen LogP contribution is -2.54. The van der Waals surface area contributed by atoms with Gasteiger partial charge < -0.3 is 24.1 Å². The van der Waals surface area contributed by atoms with Crippen molar-refractivity contribution in [2.24, 2.45) is 4.99 Å². The van der Waals surface area contributed by atoms with Crippen LogP contribution in [0.3, 0.4) is 0 Å². The van der Waals surface area contributed by atoms with E-state index in [0.29, 0.717) is 44.1 Å². The van der Waals surface area contributed by atoms with Crippen LogP contribution in [0, 0.1) is 0 Å². The summed E-state index contributed by atoms with van der Waals surface area (Å²) in [5.74, 6) is 0.0959. The Morgan fingerprint density at radius 1 is 1.11 bits per heavy atom. The molecule has 0 saturated carbocycles. The third-order valence-electron chi connectivity index (χ3n) is 7.19. The zero-order valence-electron chi connectivity index (χ0n) is 25.6. The first-order valence-electron chi connectivity index (χ1n) is 15.0. The number of hydrogen-bond donors (Lipinski definition) is 3. The lowest BCUT2D eigenvalue weighted by molar-refractivity contribution is -0.155. The van der Waals surface area contributed by atoms with E-state index >= 15 is 0 Å². The van der Waals surface area contributed by atoms with Gasteiger partial charge in [-0.15, -0.1) is 0 Å². The number of hydrazine groups is 1. The molecular weight excluding hydrogens is 632 g/mol. The second-order valence-corrected chi connectivity index (χ2v) is 12.7. The third kappa shape index (κ3) is 9.48. The minimum Gasteiger partial charge on any atom is -0.494 e. The summed E-state index contributed by atoms with van der Waals surface area (Å²) in [5.41, 5.74) is 5.19. The number of carbonyl (C=O) groups is 2. The Bertz CT molecular complexity index is 1260. The van der Waals surface area contributed by atoms with Crippen molar-refractivity contribution in [3.05, 3.63) is 64.1 Å². The highest BCUT2D eigenvalue weighted by Crippen LogP contribution is 2.43. The molecule has 11 nitrogen and oxygen atoms in total. The molecule has 3 N–H and O–H groups in total. The summed E-state index contributed by atoms with van der Waals surface area (Å²) < 4.78 is 24.0. The average molecular weight is 676 g/mol. The van der Waals surface area contributed by atoms with E-state index in [4.69, 9.17) is 29.0 Å². The predicted molar refractivity (Wildman–Crippen MR) is 169 cm³/mol. The van der Waals surface area contributed by atoms with Gasteiger partial charge in [0.05, 0.1) is 19.8 Å². The zero-order valence-corrected chi connectivity index (χ0v) is 27.2. The Hall–Kier alpha value is -3.03. The van der Waals surface area contributed by atoms with Crippen LogP contribution in [0.5, 0.6) is 5.75 Å². The molecule has 1 fully saturated rings. The van der Waals surface area contributed by atoms with Crippen molar-refractivity contribution in [2.75, 3.05) is 52.6 Å². The van der Waals surface area contributed by atoms with Crippen molar-refractivity contribution in [2.45, 2.75) is 57.3 Å². The highest BCUT2D eigenvalue weighted by molar-refractivity contribution is 9.10. The SMILES string of the molecule is CC(C)(C)OC(=O)CC[C@]1(C(=O)NNCCN2CCOCC2)N=C(c2ccc(OCCCO)cc2)O[C@H]1c1ccc(Br)cc1. The first kappa shape index (κ1) is 33.9. The topological polar surface area (TPSA) is 131 Å². The van der Waals surface area contributed by atoms with Gasteiger partial charge >= 0.3 is 5.97 Å². The van der Waals surface area contributed by atoms with Gasteiger partial charge in [0.15, 0.2) is 11.6 Å². The van der Waals surface area contributed by atoms with Crippen LogP contribution in [0.4, 0.5) is 0 Å². The van der Waals surface area contributed by atoms with Gasteiger partial charge in [0.2, 0.25) is 5.90 Å². The lowest BCUT2D eigenvalue weighted by Gasteiger charge is -2.31. The first-order valence-corrected chi connectivity index (χ1v) is 15.8. The molecule has 0 aromatic heterocycles. The van der Waals surface area contributed by atoms with Gasteiger partial charge in [-0.25, -0.2) is 10.4 Å². The maximum Gasteiger partial charge on any atom is 0.306 e. The number of aliphatic hydroxyl groups is 1. The van der Waals surface area contributed by atoms with E-state index in [9.17, 15) is 9.59 Å². The lowest BCUT2D eigenvalue weighted by atomic mass is 9.83. The number of hydrogen-bond acceptors (Lipinski definition) is 10. The highest BCUT2D eigenvalue weighted by atomic mass is 79.9. The number of amides is 1. The first-order chi connectivity index (χ1) is 21.1. The summed E-state index contributed by atoms with van der Waals surface area (Å²) >= 11 is 3.48. The number of nitrogens with zero attached hydrogens (tertiary/aromatic N) is 2. The number of carbonyl (C=O) groups excluding carboxylic acids is 2. The van der Waals surface area contributed by atoms with Crippen molar-refractivity contribution in [3.8, 4) is 5.75 Å². The number of halogens is 1. The molecule has 0 unspecified atom stereocenters. The Balaban J connectivity index is 1.62. The summed E-state index contributed by atoms with van der Waals surface area (Å²) in [4.78, 5) is 34.2. The Labute approximate surface area is 267 Å². The molecule has 44 heavy (non-hydrogen) atoms. The quantitative estimate of drug-likeness (QED) is 0.156. The molecule has 2 aliphatic heterocycles. The van der Waals surface area contributed by atoms with Crippen molar-refractivity contribution >= 4 is 33.7 Å². The molecule has 12 heteroatoms. The van der Waals surface area contributed by atoms with Crippen LogP contribution in [0.25, 0.3) is 0 Å². The Morgan fingerprint density at radius 2 is 1.82 bits per heavy atom. The number of ether oxygens (including phenoxy) is 4. The number of esters is 1. The van der Waals surface area contributed by atoms with Crippen LogP contribution in [0.2, 0.25) is 0 Å². The number of aliphatic imine (C=N–C) groups is 1. The van der Waals surface area contributed by atoms with Crippen molar-refractivity contribution in [1.29, 1.82) is 0 Å². The third-order valence-corrected chi connectivity index (χ3v) is 7.72. The van der Waals surface area contributed by atoms with Crippen LogP contribution in [0.15, 0.2) is 58.0 Å².